The fourth-order valence-electron chi connectivity index (χ4n) is 7.23. The minimum absolute atomic E-state index is 0.195. The number of thiazole rings is 1. The van der Waals surface area contributed by atoms with E-state index in [1.807, 2.05) is 29.7 Å². The Morgan fingerprint density at radius 1 is 1.08 bits per heavy atom. The van der Waals surface area contributed by atoms with Crippen molar-refractivity contribution in [3.05, 3.63) is 46.4 Å². The number of fused-ring (bicyclic) bond motifs is 3. The van der Waals surface area contributed by atoms with Crippen LogP contribution in [-0.4, -0.2) is 66.7 Å². The number of halogens is 1. The summed E-state index contributed by atoms with van der Waals surface area (Å²) in [5.74, 6) is -2.22. The molecule has 3 saturated carbocycles. The van der Waals surface area contributed by atoms with E-state index < -0.39 is 50.6 Å². The highest BCUT2D eigenvalue weighted by atomic mass is 35.5. The Morgan fingerprint density at radius 2 is 1.85 bits per heavy atom. The summed E-state index contributed by atoms with van der Waals surface area (Å²) in [5.41, 5.74) is 0.569. The molecule has 7 rings (SSSR count). The van der Waals surface area contributed by atoms with Crippen molar-refractivity contribution in [2.45, 2.75) is 94.4 Å². The Hall–Kier alpha value is -3.75. The number of hydrogen-bond donors (Lipinski definition) is 3. The molecule has 2 aromatic heterocycles. The van der Waals surface area contributed by atoms with Crippen LogP contribution in [0.2, 0.25) is 5.02 Å². The van der Waals surface area contributed by atoms with Crippen LogP contribution in [0, 0.1) is 17.8 Å². The highest BCUT2D eigenvalue weighted by molar-refractivity contribution is 7.91. The summed E-state index contributed by atoms with van der Waals surface area (Å²) in [4.78, 5) is 51.2. The van der Waals surface area contributed by atoms with Gasteiger partial charge in [-0.05, 0) is 69.4 Å². The van der Waals surface area contributed by atoms with Crippen molar-refractivity contribution in [2.24, 2.45) is 17.8 Å². The Bertz CT molecular complexity index is 2030. The Kier molecular flexibility index (Phi) is 10.3. The molecule has 3 fully saturated rings. The van der Waals surface area contributed by atoms with Crippen LogP contribution in [0.25, 0.3) is 21.6 Å². The number of carbonyl (C=O) groups is 3. The number of methoxy groups -OCH3 is 1. The zero-order valence-electron chi connectivity index (χ0n) is 29.4. The van der Waals surface area contributed by atoms with Crippen molar-refractivity contribution in [2.75, 3.05) is 13.7 Å². The van der Waals surface area contributed by atoms with Crippen molar-refractivity contribution in [1.29, 1.82) is 0 Å². The first-order valence-electron chi connectivity index (χ1n) is 18.0. The molecule has 1 aliphatic heterocycles. The summed E-state index contributed by atoms with van der Waals surface area (Å²) >= 11 is 8.26. The number of rotatable bonds is 8. The quantitative estimate of drug-likeness (QED) is 0.246. The Morgan fingerprint density at radius 3 is 2.56 bits per heavy atom. The maximum absolute atomic E-state index is 14.2. The molecular formula is C37H44ClN5O7S2. The number of pyridine rings is 1. The molecule has 52 heavy (non-hydrogen) atoms. The summed E-state index contributed by atoms with van der Waals surface area (Å²) in [5, 5.41) is 9.03. The molecule has 278 valence electrons. The molecule has 4 aliphatic rings. The fraction of sp³-hybridized carbons (Fsp3) is 0.541. The highest BCUT2D eigenvalue weighted by Gasteiger charge is 2.62. The van der Waals surface area contributed by atoms with Crippen molar-refractivity contribution < 1.29 is 32.3 Å². The summed E-state index contributed by atoms with van der Waals surface area (Å²) in [6.07, 6.45) is 8.45. The minimum Gasteiger partial charge on any atom is -0.495 e. The molecule has 3 aliphatic carbocycles. The van der Waals surface area contributed by atoms with Crippen LogP contribution in [0.3, 0.4) is 0 Å². The lowest BCUT2D eigenvalue weighted by Gasteiger charge is -2.23. The number of sulfonamides is 1. The van der Waals surface area contributed by atoms with Crippen molar-refractivity contribution >= 4 is 61.6 Å². The molecule has 15 heteroatoms. The number of carbonyl (C=O) groups excluding carboxylic acids is 3. The first-order valence-corrected chi connectivity index (χ1v) is 20.8. The van der Waals surface area contributed by atoms with Gasteiger partial charge >= 0.3 is 0 Å². The molecule has 3 aromatic rings. The van der Waals surface area contributed by atoms with Crippen LogP contribution < -0.4 is 24.8 Å². The largest absolute Gasteiger partial charge is 0.495 e. The van der Waals surface area contributed by atoms with Crippen molar-refractivity contribution in [3.63, 3.8) is 0 Å². The molecule has 3 amide bonds. The van der Waals surface area contributed by atoms with Gasteiger partial charge in [0.25, 0.3) is 5.91 Å². The van der Waals surface area contributed by atoms with Gasteiger partial charge < -0.3 is 20.1 Å². The average Bonchev–Trinajstić information content (AvgIpc) is 3.98. The Labute approximate surface area is 312 Å². The number of ether oxygens (including phenoxy) is 2. The van der Waals surface area contributed by atoms with Gasteiger partial charge in [0.2, 0.25) is 21.8 Å². The second kappa shape index (κ2) is 14.6. The molecule has 12 nitrogen and oxygen atoms in total. The molecule has 3 N–H and O–H groups in total. The number of aromatic nitrogens is 2. The second-order valence-corrected chi connectivity index (χ2v) is 17.9. The molecule has 3 heterocycles. The number of nitrogens with one attached hydrogen (secondary N) is 3. The molecule has 0 bridgehead atoms. The number of nitrogens with zero attached hydrogens (tertiary/aromatic N) is 2. The molecule has 0 unspecified atom stereocenters. The summed E-state index contributed by atoms with van der Waals surface area (Å²) < 4.78 is 40.0. The third-order valence-electron chi connectivity index (χ3n) is 10.6. The fourth-order valence-corrected chi connectivity index (χ4v) is 9.82. The average molecular weight is 770 g/mol. The van der Waals surface area contributed by atoms with E-state index in [0.717, 1.165) is 31.4 Å². The lowest BCUT2D eigenvalue weighted by atomic mass is 9.93. The van der Waals surface area contributed by atoms with Crippen molar-refractivity contribution in [1.82, 2.24) is 25.3 Å². The van der Waals surface area contributed by atoms with Gasteiger partial charge in [0.1, 0.15) is 38.9 Å². The van der Waals surface area contributed by atoms with Crippen LogP contribution in [0.5, 0.6) is 11.5 Å². The van der Waals surface area contributed by atoms with E-state index in [4.69, 9.17) is 31.0 Å². The van der Waals surface area contributed by atoms with Gasteiger partial charge in [0, 0.05) is 29.3 Å². The molecular weight excluding hydrogens is 726 g/mol. The molecule has 1 aromatic carbocycles. The summed E-state index contributed by atoms with van der Waals surface area (Å²) in [6, 6.07) is 5.37. The second-order valence-electron chi connectivity index (χ2n) is 14.7. The first kappa shape index (κ1) is 36.6. The first-order chi connectivity index (χ1) is 24.9. The third kappa shape index (κ3) is 7.38. The van der Waals surface area contributed by atoms with Gasteiger partial charge in [-0.2, -0.15) is 0 Å². The molecule has 0 radical (unpaired) electrons. The van der Waals surface area contributed by atoms with Crippen LogP contribution in [-0.2, 0) is 24.4 Å². The van der Waals surface area contributed by atoms with Gasteiger partial charge in [0.05, 0.1) is 35.4 Å². The predicted octanol–water partition coefficient (Wildman–Crippen LogP) is 5.65. The zero-order valence-corrected chi connectivity index (χ0v) is 31.8. The van der Waals surface area contributed by atoms with E-state index in [9.17, 15) is 22.8 Å². The van der Waals surface area contributed by atoms with E-state index in [1.165, 1.54) is 18.4 Å². The summed E-state index contributed by atoms with van der Waals surface area (Å²) in [6.45, 7) is 4.63. The van der Waals surface area contributed by atoms with Crippen LogP contribution >= 0.6 is 22.9 Å². The topological polar surface area (TPSA) is 166 Å². The SMILES string of the molecule is COc1ccc2c(O[C@H]3C[C@H]4C(=O)NCCCCC/C=C\[C@@H]5C[C@@]5(C(=O)NS(=O)(=O)C5CC5)NC(=O)[C@@H]4C3)cc(-c3nc(C(C)C)cs3)nc2c1Cl. The van der Waals surface area contributed by atoms with Gasteiger partial charge in [-0.3, -0.25) is 19.1 Å². The van der Waals surface area contributed by atoms with Gasteiger partial charge in [-0.1, -0.05) is 44.0 Å². The van der Waals surface area contributed by atoms with E-state index >= 15 is 0 Å². The number of hydrogen-bond acceptors (Lipinski definition) is 10. The maximum Gasteiger partial charge on any atom is 0.259 e. The molecule has 0 saturated heterocycles. The van der Waals surface area contributed by atoms with Gasteiger partial charge in [-0.25, -0.2) is 18.4 Å². The normalized spacial score (nSPS) is 27.4. The maximum atomic E-state index is 14.2. The highest BCUT2D eigenvalue weighted by Crippen LogP contribution is 2.47. The van der Waals surface area contributed by atoms with E-state index in [2.05, 4.69) is 29.2 Å². The standard InChI is InChI=1S/C37H44ClN5O7S2/c1-20(2)28-19-51-35(41-28)27-17-30(24-12-13-29(49-3)31(38)32(24)40-27)50-22-15-25-26(16-22)34(45)42-37(36(46)43-52(47,48)23-10-11-23)18-21(37)9-7-5-4-6-8-14-39-33(25)44/h7,9,12-13,17,19-23,25-26H,4-6,8,10-11,14-16,18H2,1-3H3,(H,39,44)(H,42,45)(H,43,46)/b9-7-/t21-,22+,25-,26-,37-/m1/s1. The van der Waals surface area contributed by atoms with E-state index in [1.54, 1.807) is 6.07 Å². The van der Waals surface area contributed by atoms with Gasteiger partial charge in [0.15, 0.2) is 0 Å². The summed E-state index contributed by atoms with van der Waals surface area (Å²) in [7, 11) is -2.30. The van der Waals surface area contributed by atoms with Crippen LogP contribution in [0.4, 0.5) is 0 Å². The third-order valence-corrected chi connectivity index (χ3v) is 13.6. The van der Waals surface area contributed by atoms with E-state index in [-0.39, 0.29) is 37.0 Å². The number of amides is 3. The molecule has 5 atom stereocenters. The number of allylic oxidation sites excluding steroid dienone is 1. The van der Waals surface area contributed by atoms with Gasteiger partial charge in [-0.15, -0.1) is 11.3 Å². The number of benzene rings is 1. The van der Waals surface area contributed by atoms with Crippen LogP contribution in [0.15, 0.2) is 35.7 Å². The smallest absolute Gasteiger partial charge is 0.259 e. The monoisotopic (exact) mass is 769 g/mol. The van der Waals surface area contributed by atoms with Crippen LogP contribution in [0.1, 0.15) is 83.2 Å². The molecule has 0 spiro atoms. The van der Waals surface area contributed by atoms with E-state index in [0.29, 0.717) is 57.5 Å². The van der Waals surface area contributed by atoms with Crippen molar-refractivity contribution in [3.8, 4) is 22.2 Å². The minimum atomic E-state index is -3.84. The lowest BCUT2D eigenvalue weighted by Crippen LogP contribution is -2.54. The Balaban J connectivity index is 1.20. The lowest BCUT2D eigenvalue weighted by molar-refractivity contribution is -0.136. The predicted molar refractivity (Wildman–Crippen MR) is 199 cm³/mol. The zero-order chi connectivity index (χ0) is 36.8.